The Kier molecular flexibility index (Phi) is 35.8. The second kappa shape index (κ2) is 40.2. The number of benzene rings is 2. The van der Waals surface area contributed by atoms with Crippen molar-refractivity contribution in [2.24, 2.45) is 0 Å². The number of hydrogen-bond acceptors (Lipinski definition) is 14. The maximum Gasteiger partial charge on any atom is 0.313 e. The van der Waals surface area contributed by atoms with Crippen LogP contribution >= 0.6 is 0 Å². The first kappa shape index (κ1) is 57.0. The van der Waals surface area contributed by atoms with Gasteiger partial charge in [-0.2, -0.15) is 8.78 Å². The molecule has 0 amide bonds. The van der Waals surface area contributed by atoms with Gasteiger partial charge in [0.1, 0.15) is 12.4 Å². The van der Waals surface area contributed by atoms with Crippen molar-refractivity contribution in [2.45, 2.75) is 58.3 Å². The normalized spacial score (nSPS) is 11.5. The summed E-state index contributed by atoms with van der Waals surface area (Å²) >= 11 is 0. The van der Waals surface area contributed by atoms with Crippen molar-refractivity contribution < 1.29 is 88.3 Å². The van der Waals surface area contributed by atoms with E-state index < -0.39 is 47.2 Å². The SMILES string of the molecule is CCCCCCCCc1ccc(OCCOCCOCCOCCOCCOCCOCCOCCOCCOCCOCCOCCC(=O)Oc2c(F)c(F)c(F)c(F)c2F)cc1. The van der Waals surface area contributed by atoms with Crippen LogP contribution in [0, 0.1) is 29.1 Å². The third kappa shape index (κ3) is 29.5. The largest absolute Gasteiger partial charge is 0.491 e. The van der Waals surface area contributed by atoms with E-state index in [0.717, 1.165) is 12.2 Å². The summed E-state index contributed by atoms with van der Waals surface area (Å²) in [5.41, 5.74) is 1.36. The fourth-order valence-electron chi connectivity index (χ4n) is 5.38. The molecule has 2 rings (SSSR count). The molecule has 0 atom stereocenters. The molecule has 0 bridgehead atoms. The number of esters is 1. The van der Waals surface area contributed by atoms with Gasteiger partial charge in [-0.1, -0.05) is 51.2 Å². The molecular formula is C45H69F5O14. The molecule has 14 nitrogen and oxygen atoms in total. The van der Waals surface area contributed by atoms with Gasteiger partial charge in [-0.3, -0.25) is 4.79 Å². The van der Waals surface area contributed by atoms with Crippen LogP contribution in [0.4, 0.5) is 22.0 Å². The number of carbonyl (C=O) groups excluding carboxylic acids is 1. The number of ether oxygens (including phenoxy) is 13. The zero-order valence-corrected chi connectivity index (χ0v) is 37.3. The lowest BCUT2D eigenvalue weighted by molar-refractivity contribution is -0.136. The van der Waals surface area contributed by atoms with Gasteiger partial charge in [-0.15, -0.1) is 0 Å². The minimum atomic E-state index is -2.35. The quantitative estimate of drug-likeness (QED) is 0.0171. The minimum Gasteiger partial charge on any atom is -0.491 e. The summed E-state index contributed by atoms with van der Waals surface area (Å²) in [5, 5.41) is 0. The van der Waals surface area contributed by atoms with E-state index in [4.69, 9.17) is 56.8 Å². The van der Waals surface area contributed by atoms with Crippen LogP contribution in [0.5, 0.6) is 11.5 Å². The monoisotopic (exact) mass is 928 g/mol. The fourth-order valence-corrected chi connectivity index (χ4v) is 5.38. The zero-order valence-electron chi connectivity index (χ0n) is 37.3. The number of hydrogen-bond donors (Lipinski definition) is 0. The third-order valence-corrected chi connectivity index (χ3v) is 8.79. The van der Waals surface area contributed by atoms with E-state index in [9.17, 15) is 26.7 Å². The third-order valence-electron chi connectivity index (χ3n) is 8.79. The van der Waals surface area contributed by atoms with Crippen LogP contribution in [0.2, 0.25) is 0 Å². The molecule has 2 aromatic rings. The summed E-state index contributed by atoms with van der Waals surface area (Å²) in [6.07, 6.45) is 8.48. The molecule has 0 aliphatic heterocycles. The van der Waals surface area contributed by atoms with Crippen molar-refractivity contribution in [3.63, 3.8) is 0 Å². The number of halogens is 5. The summed E-state index contributed by atoms with van der Waals surface area (Å²) in [6, 6.07) is 8.37. The van der Waals surface area contributed by atoms with Gasteiger partial charge >= 0.3 is 5.97 Å². The molecular weight excluding hydrogens is 859 g/mol. The molecule has 0 aliphatic rings. The number of unbranched alkanes of at least 4 members (excludes halogenated alkanes) is 5. The van der Waals surface area contributed by atoms with Gasteiger partial charge in [0, 0.05) is 0 Å². The lowest BCUT2D eigenvalue weighted by atomic mass is 10.0. The average molecular weight is 929 g/mol. The van der Waals surface area contributed by atoms with Crippen molar-refractivity contribution in [1.29, 1.82) is 0 Å². The predicted octanol–water partition coefficient (Wildman–Crippen LogP) is 6.84. The molecule has 64 heavy (non-hydrogen) atoms. The van der Waals surface area contributed by atoms with Crippen LogP contribution in [0.15, 0.2) is 24.3 Å². The van der Waals surface area contributed by atoms with Crippen molar-refractivity contribution in [1.82, 2.24) is 0 Å². The van der Waals surface area contributed by atoms with Crippen molar-refractivity contribution in [3.05, 3.63) is 58.9 Å². The number of aryl methyl sites for hydroxylation is 1. The Balaban J connectivity index is 1.19. The van der Waals surface area contributed by atoms with Gasteiger partial charge in [0.25, 0.3) is 0 Å². The summed E-state index contributed by atoms with van der Waals surface area (Å²) in [7, 11) is 0. The lowest BCUT2D eigenvalue weighted by Gasteiger charge is -2.09. The van der Waals surface area contributed by atoms with Gasteiger partial charge in [-0.05, 0) is 30.5 Å². The van der Waals surface area contributed by atoms with Crippen molar-refractivity contribution >= 4 is 5.97 Å². The highest BCUT2D eigenvalue weighted by Crippen LogP contribution is 2.29. The van der Waals surface area contributed by atoms with Gasteiger partial charge in [0.05, 0.1) is 152 Å². The second-order valence-corrected chi connectivity index (χ2v) is 13.9. The highest BCUT2D eigenvalue weighted by molar-refractivity contribution is 5.72. The molecule has 0 heterocycles. The first-order valence-corrected chi connectivity index (χ1v) is 22.1. The van der Waals surface area contributed by atoms with Crippen LogP contribution < -0.4 is 9.47 Å². The van der Waals surface area contributed by atoms with E-state index >= 15 is 0 Å². The van der Waals surface area contributed by atoms with Crippen LogP contribution in [0.1, 0.15) is 57.4 Å². The molecule has 2 aromatic carbocycles. The molecule has 0 saturated carbocycles. The van der Waals surface area contributed by atoms with Crippen LogP contribution in [-0.2, 0) is 63.3 Å². The van der Waals surface area contributed by atoms with Crippen LogP contribution in [0.25, 0.3) is 0 Å². The van der Waals surface area contributed by atoms with Crippen molar-refractivity contribution in [2.75, 3.05) is 152 Å². The zero-order chi connectivity index (χ0) is 46.1. The van der Waals surface area contributed by atoms with E-state index in [1.54, 1.807) is 0 Å². The highest BCUT2D eigenvalue weighted by Gasteiger charge is 2.28. The molecule has 0 fully saturated rings. The van der Waals surface area contributed by atoms with Gasteiger partial charge in [0.15, 0.2) is 0 Å². The fraction of sp³-hybridized carbons (Fsp3) is 0.711. The summed E-state index contributed by atoms with van der Waals surface area (Å²) < 4.78 is 136. The number of carbonyl (C=O) groups is 1. The summed E-state index contributed by atoms with van der Waals surface area (Å²) in [4.78, 5) is 11.7. The molecule has 19 heteroatoms. The van der Waals surface area contributed by atoms with E-state index in [2.05, 4.69) is 23.8 Å². The predicted molar refractivity (Wildman–Crippen MR) is 225 cm³/mol. The Morgan fingerprint density at radius 2 is 0.703 bits per heavy atom. The van der Waals surface area contributed by atoms with E-state index in [0.29, 0.717) is 126 Å². The molecule has 0 aliphatic carbocycles. The molecule has 368 valence electrons. The van der Waals surface area contributed by atoms with Crippen molar-refractivity contribution in [3.8, 4) is 11.5 Å². The average Bonchev–Trinajstić information content (AvgIpc) is 3.30. The lowest BCUT2D eigenvalue weighted by Crippen LogP contribution is -2.16. The molecule has 0 N–H and O–H groups in total. The topological polar surface area (TPSA) is 137 Å². The van der Waals surface area contributed by atoms with Gasteiger partial charge < -0.3 is 61.6 Å². The van der Waals surface area contributed by atoms with E-state index in [-0.39, 0.29) is 26.4 Å². The Morgan fingerprint density at radius 3 is 1.08 bits per heavy atom. The Hall–Kier alpha value is -3.08. The van der Waals surface area contributed by atoms with Crippen LogP contribution in [-0.4, -0.2) is 158 Å². The minimum absolute atomic E-state index is 0.0781. The standard InChI is InChI=1S/C45H69F5O14/c1-2-3-4-5-6-7-8-37-9-11-38(12-10-37)63-36-35-62-34-33-61-32-31-60-30-29-59-28-27-58-26-25-57-24-23-56-22-21-55-20-19-54-18-17-53-16-15-52-14-13-39(51)64-45-43(49)41(47)40(46)42(48)44(45)50/h9-12H,2-8,13-36H2,1H3. The first-order valence-electron chi connectivity index (χ1n) is 22.1. The maximum atomic E-state index is 13.6. The van der Waals surface area contributed by atoms with Gasteiger partial charge in [0.2, 0.25) is 34.8 Å². The molecule has 0 aromatic heterocycles. The Morgan fingerprint density at radius 1 is 0.391 bits per heavy atom. The number of rotatable bonds is 45. The smallest absolute Gasteiger partial charge is 0.313 e. The molecule has 0 spiro atoms. The second-order valence-electron chi connectivity index (χ2n) is 13.9. The van der Waals surface area contributed by atoms with Gasteiger partial charge in [-0.25, -0.2) is 13.2 Å². The Labute approximate surface area is 374 Å². The molecule has 0 radical (unpaired) electrons. The Bertz CT molecular complexity index is 1400. The first-order chi connectivity index (χ1) is 31.3. The van der Waals surface area contributed by atoms with E-state index in [1.165, 1.54) is 44.1 Å². The van der Waals surface area contributed by atoms with E-state index in [1.807, 2.05) is 12.1 Å². The highest BCUT2D eigenvalue weighted by atomic mass is 19.2. The maximum absolute atomic E-state index is 13.6. The molecule has 0 saturated heterocycles. The molecule has 0 unspecified atom stereocenters. The van der Waals surface area contributed by atoms with Crippen LogP contribution in [0.3, 0.4) is 0 Å². The summed E-state index contributed by atoms with van der Waals surface area (Å²) in [5.74, 6) is -13.3. The summed E-state index contributed by atoms with van der Waals surface area (Å²) in [6.45, 7) is 11.0.